The summed E-state index contributed by atoms with van der Waals surface area (Å²) in [5, 5.41) is 12.2. The number of likely N-dealkylation sites (tertiary alicyclic amines) is 1. The molecule has 1 aliphatic rings. The van der Waals surface area contributed by atoms with Crippen LogP contribution in [0.15, 0.2) is 48.7 Å². The second-order valence-corrected chi connectivity index (χ2v) is 8.16. The number of H-pyrrole nitrogens is 1. The molecule has 0 bridgehead atoms. The number of nitrogens with zero attached hydrogens (tertiary/aromatic N) is 2. The van der Waals surface area contributed by atoms with Crippen LogP contribution in [0.5, 0.6) is 5.75 Å². The first-order chi connectivity index (χ1) is 17.2. The Morgan fingerprint density at radius 1 is 1.28 bits per heavy atom. The Balaban J connectivity index is 1.54. The average Bonchev–Trinajstić information content (AvgIpc) is 3.48. The summed E-state index contributed by atoms with van der Waals surface area (Å²) < 4.78 is 58.1. The standard InChI is InChI=1S/C25H22F4N4O3/c26-18-3-1-2-16(12-18)4-7-23(35)31-20-13-17(24-30-14-22(32-24)25(27,28)29)5-6-21(20)36-11-10-33-9-8-19(34)15-33/h1-3,5-6,12-14,19,34H,8-11,15H2,(H,30,32)(H,31,35). The zero-order chi connectivity index (χ0) is 25.7. The number of halogens is 4. The molecule has 2 heterocycles. The molecule has 188 valence electrons. The van der Waals surface area contributed by atoms with Gasteiger partial charge in [-0.1, -0.05) is 12.0 Å². The number of aliphatic hydroxyl groups is 1. The molecule has 1 aromatic heterocycles. The van der Waals surface area contributed by atoms with Crippen molar-refractivity contribution in [2.45, 2.75) is 18.7 Å². The highest BCUT2D eigenvalue weighted by Gasteiger charge is 2.33. The Labute approximate surface area is 204 Å². The predicted octanol–water partition coefficient (Wildman–Crippen LogP) is 3.67. The number of carbonyl (C=O) groups excluding carboxylic acids is 1. The van der Waals surface area contributed by atoms with Gasteiger partial charge in [0.25, 0.3) is 0 Å². The number of aliphatic hydroxyl groups excluding tert-OH is 1. The number of imidazole rings is 1. The number of carbonyl (C=O) groups is 1. The molecule has 36 heavy (non-hydrogen) atoms. The molecule has 0 aliphatic carbocycles. The van der Waals surface area contributed by atoms with Crippen LogP contribution in [-0.4, -0.2) is 58.2 Å². The first-order valence-electron chi connectivity index (χ1n) is 11.1. The molecule has 1 fully saturated rings. The van der Waals surface area contributed by atoms with Gasteiger partial charge in [-0.3, -0.25) is 9.69 Å². The van der Waals surface area contributed by atoms with Gasteiger partial charge in [-0.15, -0.1) is 0 Å². The summed E-state index contributed by atoms with van der Waals surface area (Å²) in [6.45, 7) is 2.08. The van der Waals surface area contributed by atoms with Crippen LogP contribution in [0, 0.1) is 17.7 Å². The lowest BCUT2D eigenvalue weighted by molar-refractivity contribution is -0.140. The van der Waals surface area contributed by atoms with Gasteiger partial charge in [-0.05, 0) is 42.8 Å². The number of hydrogen-bond acceptors (Lipinski definition) is 5. The Morgan fingerprint density at radius 2 is 2.11 bits per heavy atom. The van der Waals surface area contributed by atoms with Crippen LogP contribution in [0.2, 0.25) is 0 Å². The molecule has 3 aromatic rings. The first kappa shape index (κ1) is 25.2. The number of β-amino-alcohol motifs (C(OH)–C–C–N with tert-alkyl or cyclic N) is 1. The van der Waals surface area contributed by atoms with Crippen molar-refractivity contribution in [3.8, 4) is 29.0 Å². The second kappa shape index (κ2) is 10.8. The van der Waals surface area contributed by atoms with E-state index in [4.69, 9.17) is 4.74 Å². The highest BCUT2D eigenvalue weighted by Crippen LogP contribution is 2.33. The number of rotatable bonds is 6. The topological polar surface area (TPSA) is 90.5 Å². The van der Waals surface area contributed by atoms with Crippen molar-refractivity contribution < 1.29 is 32.2 Å². The summed E-state index contributed by atoms with van der Waals surface area (Å²) in [5.41, 5.74) is -0.234. The van der Waals surface area contributed by atoms with Crippen molar-refractivity contribution in [1.29, 1.82) is 0 Å². The number of aromatic nitrogens is 2. The normalized spacial score (nSPS) is 15.9. The third-order valence-corrected chi connectivity index (χ3v) is 5.44. The van der Waals surface area contributed by atoms with Crippen molar-refractivity contribution in [1.82, 2.24) is 14.9 Å². The highest BCUT2D eigenvalue weighted by atomic mass is 19.4. The zero-order valence-corrected chi connectivity index (χ0v) is 18.9. The molecule has 1 saturated heterocycles. The fraction of sp³-hybridized carbons (Fsp3) is 0.280. The molecule has 0 saturated carbocycles. The number of nitrogens with one attached hydrogen (secondary N) is 2. The number of amides is 1. The number of benzene rings is 2. The molecule has 0 radical (unpaired) electrons. The molecule has 0 spiro atoms. The van der Waals surface area contributed by atoms with E-state index in [-0.39, 0.29) is 35.5 Å². The Kier molecular flexibility index (Phi) is 7.57. The molecule has 3 N–H and O–H groups in total. The lowest BCUT2D eigenvalue weighted by Crippen LogP contribution is -2.27. The van der Waals surface area contributed by atoms with Crippen LogP contribution in [0.25, 0.3) is 11.4 Å². The molecule has 1 unspecified atom stereocenters. The van der Waals surface area contributed by atoms with Gasteiger partial charge in [0, 0.05) is 36.7 Å². The number of hydrogen-bond donors (Lipinski definition) is 3. The van der Waals surface area contributed by atoms with Crippen molar-refractivity contribution in [3.63, 3.8) is 0 Å². The number of anilines is 1. The molecular formula is C25H22F4N4O3. The van der Waals surface area contributed by atoms with E-state index in [0.29, 0.717) is 31.3 Å². The van der Waals surface area contributed by atoms with Gasteiger partial charge in [-0.2, -0.15) is 13.2 Å². The van der Waals surface area contributed by atoms with Crippen molar-refractivity contribution in [3.05, 3.63) is 65.7 Å². The van der Waals surface area contributed by atoms with Crippen molar-refractivity contribution in [2.75, 3.05) is 31.6 Å². The summed E-state index contributed by atoms with van der Waals surface area (Å²) in [6.07, 6.45) is -3.58. The van der Waals surface area contributed by atoms with E-state index in [0.717, 1.165) is 6.54 Å². The fourth-order valence-electron chi connectivity index (χ4n) is 3.66. The van der Waals surface area contributed by atoms with E-state index in [9.17, 15) is 27.5 Å². The molecule has 7 nitrogen and oxygen atoms in total. The lowest BCUT2D eigenvalue weighted by atomic mass is 10.1. The third kappa shape index (κ3) is 6.62. The fourth-order valence-corrected chi connectivity index (χ4v) is 3.66. The molecule has 1 aliphatic heterocycles. The predicted molar refractivity (Wildman–Crippen MR) is 123 cm³/mol. The number of aromatic amines is 1. The van der Waals surface area contributed by atoms with Crippen molar-refractivity contribution in [2.24, 2.45) is 0 Å². The van der Waals surface area contributed by atoms with E-state index in [1.54, 1.807) is 6.07 Å². The summed E-state index contributed by atoms with van der Waals surface area (Å²) in [4.78, 5) is 20.5. The van der Waals surface area contributed by atoms with Gasteiger partial charge in [0.1, 0.15) is 29.7 Å². The van der Waals surface area contributed by atoms with E-state index < -0.39 is 23.6 Å². The minimum absolute atomic E-state index is 0.0405. The number of ether oxygens (including phenoxy) is 1. The van der Waals surface area contributed by atoms with Crippen LogP contribution < -0.4 is 10.1 Å². The number of alkyl halides is 3. The summed E-state index contributed by atoms with van der Waals surface area (Å²) >= 11 is 0. The van der Waals surface area contributed by atoms with Gasteiger partial charge >= 0.3 is 12.1 Å². The van der Waals surface area contributed by atoms with E-state index in [1.165, 1.54) is 36.4 Å². The maximum absolute atomic E-state index is 13.3. The van der Waals surface area contributed by atoms with E-state index in [2.05, 4.69) is 27.1 Å². The van der Waals surface area contributed by atoms with Gasteiger partial charge < -0.3 is 20.1 Å². The van der Waals surface area contributed by atoms with Crippen molar-refractivity contribution >= 4 is 11.6 Å². The molecule has 1 amide bonds. The monoisotopic (exact) mass is 502 g/mol. The smallest absolute Gasteiger partial charge is 0.432 e. The first-order valence-corrected chi connectivity index (χ1v) is 11.1. The SMILES string of the molecule is O=C(C#Cc1cccc(F)c1)Nc1cc(-c2ncc(C(F)(F)F)[nH]2)ccc1OCCN1CCC(O)C1. The third-order valence-electron chi connectivity index (χ3n) is 5.44. The Morgan fingerprint density at radius 3 is 2.81 bits per heavy atom. The quantitative estimate of drug-likeness (QED) is 0.354. The molecule has 4 rings (SSSR count). The highest BCUT2D eigenvalue weighted by molar-refractivity contribution is 6.05. The van der Waals surface area contributed by atoms with Crippen LogP contribution in [0.3, 0.4) is 0 Å². The maximum atomic E-state index is 13.3. The van der Waals surface area contributed by atoms with E-state index in [1.807, 2.05) is 4.90 Å². The summed E-state index contributed by atoms with van der Waals surface area (Å²) in [5.74, 6) is 3.94. The van der Waals surface area contributed by atoms with Crippen LogP contribution in [0.4, 0.5) is 23.2 Å². The second-order valence-electron chi connectivity index (χ2n) is 8.16. The van der Waals surface area contributed by atoms with Gasteiger partial charge in [0.2, 0.25) is 0 Å². The van der Waals surface area contributed by atoms with Crippen LogP contribution in [-0.2, 0) is 11.0 Å². The zero-order valence-electron chi connectivity index (χ0n) is 18.9. The van der Waals surface area contributed by atoms with Crippen LogP contribution in [0.1, 0.15) is 17.7 Å². The summed E-state index contributed by atoms with van der Waals surface area (Å²) in [6, 6.07) is 9.90. The van der Waals surface area contributed by atoms with Gasteiger partial charge in [0.15, 0.2) is 0 Å². The van der Waals surface area contributed by atoms with E-state index >= 15 is 0 Å². The minimum Gasteiger partial charge on any atom is -0.490 e. The van der Waals surface area contributed by atoms with Gasteiger partial charge in [0.05, 0.1) is 18.0 Å². The minimum atomic E-state index is -4.58. The average molecular weight is 502 g/mol. The Hall–Kier alpha value is -3.88. The molecule has 2 aromatic carbocycles. The lowest BCUT2D eigenvalue weighted by Gasteiger charge is -2.17. The molecular weight excluding hydrogens is 480 g/mol. The summed E-state index contributed by atoms with van der Waals surface area (Å²) in [7, 11) is 0. The van der Waals surface area contributed by atoms with Gasteiger partial charge in [-0.25, -0.2) is 9.37 Å². The Bertz CT molecular complexity index is 1300. The molecule has 11 heteroatoms. The van der Waals surface area contributed by atoms with Crippen LogP contribution >= 0.6 is 0 Å². The maximum Gasteiger partial charge on any atom is 0.432 e. The largest absolute Gasteiger partial charge is 0.490 e. The molecule has 1 atom stereocenters.